The fourth-order valence-corrected chi connectivity index (χ4v) is 3.89. The van der Waals surface area contributed by atoms with Gasteiger partial charge in [0, 0.05) is 29.3 Å². The van der Waals surface area contributed by atoms with Gasteiger partial charge < -0.3 is 25.7 Å². The Morgan fingerprint density at radius 3 is 2.71 bits per heavy atom. The normalized spacial score (nSPS) is 17.1. The van der Waals surface area contributed by atoms with Crippen LogP contribution in [0, 0.1) is 0 Å². The van der Waals surface area contributed by atoms with Crippen LogP contribution in [0.2, 0.25) is 0 Å². The van der Waals surface area contributed by atoms with Gasteiger partial charge in [-0.05, 0) is 51.0 Å². The lowest BCUT2D eigenvalue weighted by Crippen LogP contribution is -2.52. The van der Waals surface area contributed by atoms with E-state index >= 15 is 0 Å². The predicted octanol–water partition coefficient (Wildman–Crippen LogP) is 3.83. The maximum absolute atomic E-state index is 12.6. The quantitative estimate of drug-likeness (QED) is 0.516. The van der Waals surface area contributed by atoms with E-state index in [-0.39, 0.29) is 18.0 Å². The van der Waals surface area contributed by atoms with Crippen molar-refractivity contribution in [3.05, 3.63) is 65.9 Å². The molecule has 1 aliphatic heterocycles. The van der Waals surface area contributed by atoms with Crippen LogP contribution in [-0.4, -0.2) is 41.2 Å². The molecule has 4 rings (SSSR count). The first-order valence-corrected chi connectivity index (χ1v) is 10.5. The summed E-state index contributed by atoms with van der Waals surface area (Å²) < 4.78 is 5.51. The van der Waals surface area contributed by atoms with E-state index < -0.39 is 11.7 Å². The number of aromatic nitrogens is 1. The number of carbonyl (C=O) groups is 2. The Bertz CT molecular complexity index is 1100. The van der Waals surface area contributed by atoms with Gasteiger partial charge in [-0.15, -0.1) is 0 Å². The Morgan fingerprint density at radius 2 is 1.90 bits per heavy atom. The van der Waals surface area contributed by atoms with E-state index in [4.69, 9.17) is 4.74 Å². The number of anilines is 1. The van der Waals surface area contributed by atoms with Gasteiger partial charge in [-0.3, -0.25) is 4.79 Å². The molecule has 1 aliphatic rings. The zero-order chi connectivity index (χ0) is 22.0. The average Bonchev–Trinajstić information content (AvgIpc) is 3.04. The molecule has 162 valence electrons. The third-order valence-electron chi connectivity index (χ3n) is 5.30. The zero-order valence-electron chi connectivity index (χ0n) is 18.0. The molecular formula is C24H28N4O3. The minimum absolute atomic E-state index is 0.131. The number of hydrogen-bond donors (Lipinski definition) is 4. The van der Waals surface area contributed by atoms with Crippen molar-refractivity contribution < 1.29 is 14.3 Å². The Labute approximate surface area is 181 Å². The highest BCUT2D eigenvalue weighted by Gasteiger charge is 2.30. The summed E-state index contributed by atoms with van der Waals surface area (Å²) >= 11 is 0. The molecule has 2 heterocycles. The molecule has 0 spiro atoms. The van der Waals surface area contributed by atoms with Gasteiger partial charge in [-0.25, -0.2) is 4.79 Å². The van der Waals surface area contributed by atoms with Gasteiger partial charge in [0.1, 0.15) is 5.60 Å². The first-order chi connectivity index (χ1) is 14.8. The fraction of sp³-hybridized carbons (Fsp3) is 0.333. The summed E-state index contributed by atoms with van der Waals surface area (Å²) in [6.45, 7) is 5.88. The molecule has 0 fully saturated rings. The molecule has 4 N–H and O–H groups in total. The maximum Gasteiger partial charge on any atom is 0.407 e. The molecule has 2 aromatic carbocycles. The highest BCUT2D eigenvalue weighted by atomic mass is 16.6. The molecular weight excluding hydrogens is 392 g/mol. The summed E-state index contributed by atoms with van der Waals surface area (Å²) in [7, 11) is 0. The summed E-state index contributed by atoms with van der Waals surface area (Å²) in [5.41, 5.74) is 2.86. The van der Waals surface area contributed by atoms with Gasteiger partial charge in [-0.2, -0.15) is 0 Å². The fourth-order valence-electron chi connectivity index (χ4n) is 3.89. The molecule has 0 aliphatic carbocycles. The lowest BCUT2D eigenvalue weighted by Gasteiger charge is -2.30. The van der Waals surface area contributed by atoms with Crippen molar-refractivity contribution in [2.45, 2.75) is 44.9 Å². The van der Waals surface area contributed by atoms with Gasteiger partial charge >= 0.3 is 6.09 Å². The minimum atomic E-state index is -0.604. The van der Waals surface area contributed by atoms with Crippen LogP contribution in [0.1, 0.15) is 36.7 Å². The van der Waals surface area contributed by atoms with Crippen LogP contribution in [-0.2, 0) is 11.2 Å². The van der Waals surface area contributed by atoms with Gasteiger partial charge in [0.05, 0.1) is 17.6 Å². The number of ether oxygens (including phenoxy) is 1. The van der Waals surface area contributed by atoms with Crippen LogP contribution in [0.25, 0.3) is 10.9 Å². The number of para-hydroxylation sites is 2. The summed E-state index contributed by atoms with van der Waals surface area (Å²) in [6.07, 6.45) is 2.05. The highest BCUT2D eigenvalue weighted by Crippen LogP contribution is 2.23. The molecule has 7 nitrogen and oxygen atoms in total. The minimum Gasteiger partial charge on any atom is -0.444 e. The molecule has 31 heavy (non-hydrogen) atoms. The molecule has 0 saturated heterocycles. The highest BCUT2D eigenvalue weighted by molar-refractivity contribution is 6.00. The van der Waals surface area contributed by atoms with Crippen molar-refractivity contribution >= 4 is 28.6 Å². The number of benzene rings is 2. The standard InChI is InChI=1S/C24H28N4O3/c1-24(2,3)31-23(30)28-20(12-15-13-25-18-10-6-4-8-16(15)18)21-14-26-22(29)17-9-5-7-11-19(17)27-21/h4-11,13,20-21,25,27H,12,14H2,1-3H3,(H,26,29)(H,28,30)/t20-,21+/m0/s1. The van der Waals surface area contributed by atoms with E-state index in [9.17, 15) is 9.59 Å². The zero-order valence-corrected chi connectivity index (χ0v) is 18.0. The van der Waals surface area contributed by atoms with Crippen molar-refractivity contribution in [2.75, 3.05) is 11.9 Å². The van der Waals surface area contributed by atoms with E-state index in [0.29, 0.717) is 18.5 Å². The molecule has 0 saturated carbocycles. The smallest absolute Gasteiger partial charge is 0.407 e. The van der Waals surface area contributed by atoms with E-state index in [1.165, 1.54) is 0 Å². The number of nitrogens with one attached hydrogen (secondary N) is 4. The third kappa shape index (κ3) is 4.82. The third-order valence-corrected chi connectivity index (χ3v) is 5.30. The average molecular weight is 421 g/mol. The molecule has 0 radical (unpaired) electrons. The topological polar surface area (TPSA) is 95.2 Å². The monoisotopic (exact) mass is 420 g/mol. The molecule has 1 aromatic heterocycles. The number of amides is 2. The lowest BCUT2D eigenvalue weighted by atomic mass is 9.98. The Kier molecular flexibility index (Phi) is 5.59. The van der Waals surface area contributed by atoms with Gasteiger partial charge in [0.15, 0.2) is 0 Å². The van der Waals surface area contributed by atoms with Crippen LogP contribution >= 0.6 is 0 Å². The molecule has 0 unspecified atom stereocenters. The van der Waals surface area contributed by atoms with Gasteiger partial charge in [-0.1, -0.05) is 30.3 Å². The first kappa shape index (κ1) is 20.8. The SMILES string of the molecule is CC(C)(C)OC(=O)N[C@@H](Cc1c[nH]c2ccccc12)[C@H]1CNC(=O)c2ccccc2N1. The summed E-state index contributed by atoms with van der Waals surface area (Å²) in [5, 5.41) is 10.6. The number of aromatic amines is 1. The second-order valence-electron chi connectivity index (χ2n) is 8.82. The van der Waals surface area contributed by atoms with Crippen LogP contribution < -0.4 is 16.0 Å². The van der Waals surface area contributed by atoms with Gasteiger partial charge in [0.2, 0.25) is 0 Å². The molecule has 3 aromatic rings. The summed E-state index contributed by atoms with van der Waals surface area (Å²) in [6, 6.07) is 14.9. The molecule has 7 heteroatoms. The number of alkyl carbamates (subject to hydrolysis) is 1. The second-order valence-corrected chi connectivity index (χ2v) is 8.82. The Morgan fingerprint density at radius 1 is 1.16 bits per heavy atom. The predicted molar refractivity (Wildman–Crippen MR) is 121 cm³/mol. The van der Waals surface area contributed by atoms with Crippen molar-refractivity contribution in [1.29, 1.82) is 0 Å². The van der Waals surface area contributed by atoms with Gasteiger partial charge in [0.25, 0.3) is 5.91 Å². The second kappa shape index (κ2) is 8.34. The van der Waals surface area contributed by atoms with Crippen LogP contribution in [0.5, 0.6) is 0 Å². The number of hydrogen-bond acceptors (Lipinski definition) is 4. The van der Waals surface area contributed by atoms with E-state index in [2.05, 4.69) is 27.0 Å². The van der Waals surface area contributed by atoms with Crippen LogP contribution in [0.15, 0.2) is 54.7 Å². The summed E-state index contributed by atoms with van der Waals surface area (Å²) in [5.74, 6) is -0.131. The number of carbonyl (C=O) groups excluding carboxylic acids is 2. The summed E-state index contributed by atoms with van der Waals surface area (Å²) in [4.78, 5) is 28.4. The van der Waals surface area contributed by atoms with Crippen molar-refractivity contribution in [2.24, 2.45) is 0 Å². The van der Waals surface area contributed by atoms with Crippen LogP contribution in [0.3, 0.4) is 0 Å². The van der Waals surface area contributed by atoms with Crippen molar-refractivity contribution in [3.63, 3.8) is 0 Å². The van der Waals surface area contributed by atoms with Crippen molar-refractivity contribution in [3.8, 4) is 0 Å². The largest absolute Gasteiger partial charge is 0.444 e. The first-order valence-electron chi connectivity index (χ1n) is 10.5. The molecule has 2 atom stereocenters. The van der Waals surface area contributed by atoms with E-state index in [0.717, 1.165) is 22.2 Å². The maximum atomic E-state index is 12.6. The van der Waals surface area contributed by atoms with E-state index in [1.807, 2.05) is 63.4 Å². The van der Waals surface area contributed by atoms with E-state index in [1.54, 1.807) is 6.07 Å². The number of fused-ring (bicyclic) bond motifs is 2. The molecule has 0 bridgehead atoms. The number of H-pyrrole nitrogens is 1. The molecule has 2 amide bonds. The lowest BCUT2D eigenvalue weighted by molar-refractivity contribution is 0.0499. The van der Waals surface area contributed by atoms with Crippen molar-refractivity contribution in [1.82, 2.24) is 15.6 Å². The number of rotatable bonds is 4. The Balaban J connectivity index is 1.63. The Hall–Kier alpha value is -3.48. The van der Waals surface area contributed by atoms with Crippen LogP contribution in [0.4, 0.5) is 10.5 Å².